The Morgan fingerprint density at radius 1 is 0.475 bits per heavy atom. The maximum atomic E-state index is 2.38. The van der Waals surface area contributed by atoms with Gasteiger partial charge in [-0.3, -0.25) is 0 Å². The molecule has 0 radical (unpaired) electrons. The Bertz CT molecular complexity index is 1550. The summed E-state index contributed by atoms with van der Waals surface area (Å²) in [4.78, 5) is 5.41. The average molecular weight is 595 g/mol. The summed E-state index contributed by atoms with van der Waals surface area (Å²) in [5.41, 5.74) is 5.41. The number of aryl methyl sites for hydroxylation is 2. The molecule has 202 valence electrons. The Labute approximate surface area is 254 Å². The number of thiophene rings is 4. The molecule has 0 saturated carbocycles. The quantitative estimate of drug-likeness (QED) is 0.140. The van der Waals surface area contributed by atoms with E-state index in [9.17, 15) is 0 Å². The van der Waals surface area contributed by atoms with E-state index in [2.05, 4.69) is 111 Å². The third-order valence-electron chi connectivity index (χ3n) is 7.17. The second-order valence-corrected chi connectivity index (χ2v) is 14.7. The van der Waals surface area contributed by atoms with Crippen molar-refractivity contribution >= 4 is 88.5 Å². The Balaban J connectivity index is 1.11. The van der Waals surface area contributed by atoms with E-state index in [1.54, 1.807) is 0 Å². The van der Waals surface area contributed by atoms with E-state index in [1.807, 2.05) is 45.3 Å². The topological polar surface area (TPSA) is 0 Å². The second kappa shape index (κ2) is 12.8. The van der Waals surface area contributed by atoms with Gasteiger partial charge in [0.05, 0.1) is 0 Å². The molecule has 6 aromatic rings. The molecule has 0 atom stereocenters. The van der Waals surface area contributed by atoms with E-state index in [4.69, 9.17) is 0 Å². The van der Waals surface area contributed by atoms with Crippen LogP contribution in [0.25, 0.3) is 52.9 Å². The molecular weight excluding hydrogens is 561 g/mol. The van der Waals surface area contributed by atoms with E-state index in [0.29, 0.717) is 0 Å². The van der Waals surface area contributed by atoms with E-state index < -0.39 is 0 Å². The van der Waals surface area contributed by atoms with E-state index in [-0.39, 0.29) is 0 Å². The van der Waals surface area contributed by atoms with Gasteiger partial charge in [-0.2, -0.15) is 0 Å². The maximum absolute atomic E-state index is 2.38. The Morgan fingerprint density at radius 3 is 1.25 bits per heavy atom. The third kappa shape index (κ3) is 6.58. The fourth-order valence-corrected chi connectivity index (χ4v) is 9.52. The van der Waals surface area contributed by atoms with Crippen LogP contribution in [0.2, 0.25) is 0 Å². The highest BCUT2D eigenvalue weighted by Crippen LogP contribution is 2.44. The maximum Gasteiger partial charge on any atom is 0.0464 e. The molecule has 0 nitrogen and oxygen atoms in total. The predicted octanol–water partition coefficient (Wildman–Crippen LogP) is 12.9. The van der Waals surface area contributed by atoms with Gasteiger partial charge in [0, 0.05) is 38.3 Å². The number of unbranched alkanes of at least 4 members (excludes halogenated alkanes) is 2. The van der Waals surface area contributed by atoms with Crippen LogP contribution in [0.15, 0.2) is 72.8 Å². The minimum atomic E-state index is 1.18. The van der Waals surface area contributed by atoms with Gasteiger partial charge in [0.2, 0.25) is 0 Å². The highest BCUT2D eigenvalue weighted by molar-refractivity contribution is 7.34. The van der Waals surface area contributed by atoms with Gasteiger partial charge in [-0.15, -0.1) is 45.3 Å². The summed E-state index contributed by atoms with van der Waals surface area (Å²) in [6.45, 7) is 4.50. The van der Waals surface area contributed by atoms with Gasteiger partial charge in [0.25, 0.3) is 0 Å². The van der Waals surface area contributed by atoms with Crippen LogP contribution in [0.5, 0.6) is 0 Å². The van der Waals surface area contributed by atoms with Crippen molar-refractivity contribution in [1.82, 2.24) is 0 Å². The zero-order chi connectivity index (χ0) is 27.3. The third-order valence-corrected chi connectivity index (χ3v) is 11.9. The van der Waals surface area contributed by atoms with E-state index in [1.165, 1.54) is 99.1 Å². The molecule has 0 saturated heterocycles. The number of rotatable bonds is 11. The molecule has 0 aliphatic heterocycles. The van der Waals surface area contributed by atoms with Crippen molar-refractivity contribution in [3.8, 4) is 9.75 Å². The lowest BCUT2D eigenvalue weighted by atomic mass is 10.1. The highest BCUT2D eigenvalue weighted by atomic mass is 32.1. The monoisotopic (exact) mass is 594 g/mol. The smallest absolute Gasteiger partial charge is 0.0464 e. The van der Waals surface area contributed by atoms with Crippen LogP contribution in [0, 0.1) is 0 Å². The van der Waals surface area contributed by atoms with Crippen LogP contribution in [0.3, 0.4) is 0 Å². The van der Waals surface area contributed by atoms with Gasteiger partial charge in [-0.1, -0.05) is 87.4 Å². The standard InChI is InChI=1S/C36H34S4/c1-3-5-7-25-9-13-27(14-10-25)17-19-29-21-31-33(37-29)23-35(39-31)36-24-34-32(40-36)22-30(38-34)20-18-28-15-11-26(12-16-28)8-6-4-2/h9-24H,3-8H2,1-2H3/b19-17+,20-18+. The van der Waals surface area contributed by atoms with Crippen LogP contribution < -0.4 is 0 Å². The highest BCUT2D eigenvalue weighted by Gasteiger charge is 2.12. The number of hydrogen-bond donors (Lipinski definition) is 0. The normalized spacial score (nSPS) is 12.2. The Hall–Kier alpha value is -2.76. The summed E-state index contributed by atoms with van der Waals surface area (Å²) in [5, 5.41) is 0. The Morgan fingerprint density at radius 2 is 0.875 bits per heavy atom. The summed E-state index contributed by atoms with van der Waals surface area (Å²) < 4.78 is 5.54. The van der Waals surface area contributed by atoms with Gasteiger partial charge in [0.1, 0.15) is 0 Å². The first-order valence-electron chi connectivity index (χ1n) is 14.3. The van der Waals surface area contributed by atoms with Crippen molar-refractivity contribution in [2.24, 2.45) is 0 Å². The predicted molar refractivity (Wildman–Crippen MR) is 186 cm³/mol. The van der Waals surface area contributed by atoms with Crippen LogP contribution in [-0.2, 0) is 12.8 Å². The minimum Gasteiger partial charge on any atom is -0.135 e. The lowest BCUT2D eigenvalue weighted by Gasteiger charge is -2.00. The van der Waals surface area contributed by atoms with E-state index >= 15 is 0 Å². The largest absolute Gasteiger partial charge is 0.135 e. The van der Waals surface area contributed by atoms with Crippen molar-refractivity contribution in [2.45, 2.75) is 52.4 Å². The summed E-state index contributed by atoms with van der Waals surface area (Å²) >= 11 is 7.61. The zero-order valence-corrected chi connectivity index (χ0v) is 26.4. The fourth-order valence-electron chi connectivity index (χ4n) is 4.83. The van der Waals surface area contributed by atoms with Crippen molar-refractivity contribution in [2.75, 3.05) is 0 Å². The fraction of sp³-hybridized carbons (Fsp3) is 0.222. The summed E-state index contributed by atoms with van der Waals surface area (Å²) in [6, 6.07) is 27.5. The van der Waals surface area contributed by atoms with Gasteiger partial charge >= 0.3 is 0 Å². The molecular formula is C36H34S4. The van der Waals surface area contributed by atoms with Crippen LogP contribution in [0.1, 0.15) is 71.5 Å². The number of fused-ring (bicyclic) bond motifs is 2. The van der Waals surface area contributed by atoms with Crippen molar-refractivity contribution in [1.29, 1.82) is 0 Å². The molecule has 0 aliphatic rings. The SMILES string of the molecule is CCCCc1ccc(/C=C/c2cc3sc(-c4cc5sc(/C=C/c6ccc(CCCC)cc6)cc5s4)cc3s2)cc1. The van der Waals surface area contributed by atoms with Crippen molar-refractivity contribution in [3.63, 3.8) is 0 Å². The molecule has 0 fully saturated rings. The molecule has 0 bridgehead atoms. The van der Waals surface area contributed by atoms with Crippen molar-refractivity contribution < 1.29 is 0 Å². The molecule has 4 heteroatoms. The van der Waals surface area contributed by atoms with Crippen LogP contribution >= 0.6 is 45.3 Å². The number of benzene rings is 2. The molecule has 2 aromatic carbocycles. The van der Waals surface area contributed by atoms with Crippen molar-refractivity contribution in [3.05, 3.63) is 105 Å². The summed E-state index contributed by atoms with van der Waals surface area (Å²) in [7, 11) is 0. The first-order valence-corrected chi connectivity index (χ1v) is 17.5. The molecule has 0 amide bonds. The lowest BCUT2D eigenvalue weighted by Crippen LogP contribution is -1.83. The molecule has 0 N–H and O–H groups in total. The van der Waals surface area contributed by atoms with E-state index in [0.717, 1.165) is 0 Å². The molecule has 0 aliphatic carbocycles. The Kier molecular flexibility index (Phi) is 8.79. The zero-order valence-electron chi connectivity index (χ0n) is 23.1. The van der Waals surface area contributed by atoms with Crippen LogP contribution in [0.4, 0.5) is 0 Å². The lowest BCUT2D eigenvalue weighted by molar-refractivity contribution is 0.795. The molecule has 0 spiro atoms. The van der Waals surface area contributed by atoms with Gasteiger partial charge < -0.3 is 0 Å². The second-order valence-electron chi connectivity index (χ2n) is 10.3. The molecule has 6 rings (SSSR count). The number of hydrogen-bond acceptors (Lipinski definition) is 4. The van der Waals surface area contributed by atoms with Gasteiger partial charge in [-0.05, 0) is 84.4 Å². The summed E-state index contributed by atoms with van der Waals surface area (Å²) in [5.74, 6) is 0. The first kappa shape index (κ1) is 27.4. The summed E-state index contributed by atoms with van der Waals surface area (Å²) in [6.07, 6.45) is 16.4. The molecule has 4 heterocycles. The average Bonchev–Trinajstić information content (AvgIpc) is 3.73. The molecule has 0 unspecified atom stereocenters. The molecule has 4 aromatic heterocycles. The van der Waals surface area contributed by atoms with Gasteiger partial charge in [0.15, 0.2) is 0 Å². The van der Waals surface area contributed by atoms with Gasteiger partial charge in [-0.25, -0.2) is 0 Å². The van der Waals surface area contributed by atoms with Crippen LogP contribution in [-0.4, -0.2) is 0 Å². The molecule has 40 heavy (non-hydrogen) atoms. The first-order chi connectivity index (χ1) is 19.7. The minimum absolute atomic E-state index is 1.18.